The van der Waals surface area contributed by atoms with Gasteiger partial charge < -0.3 is 15.2 Å². The number of nitrogens with one attached hydrogen (secondary N) is 1. The second kappa shape index (κ2) is 6.74. The number of fused-ring (bicyclic) bond motifs is 1. The molecule has 2 rings (SSSR count). The summed E-state index contributed by atoms with van der Waals surface area (Å²) in [6.45, 7) is 0.389. The van der Waals surface area contributed by atoms with Gasteiger partial charge in [-0.05, 0) is 34.5 Å². The first-order chi connectivity index (χ1) is 10.1. The molecule has 0 bridgehead atoms. The minimum atomic E-state index is -0.968. The summed E-state index contributed by atoms with van der Waals surface area (Å²) in [5.74, 6) is -0.422. The molecule has 0 fully saturated rings. The van der Waals surface area contributed by atoms with Crippen molar-refractivity contribution in [3.63, 3.8) is 0 Å². The fourth-order valence-corrected chi connectivity index (χ4v) is 2.02. The van der Waals surface area contributed by atoms with Gasteiger partial charge in [0, 0.05) is 13.0 Å². The molecule has 0 atom stereocenters. The van der Waals surface area contributed by atoms with E-state index in [1.807, 2.05) is 36.4 Å². The molecule has 5 heteroatoms. The lowest BCUT2D eigenvalue weighted by molar-refractivity contribution is -0.138. The summed E-state index contributed by atoms with van der Waals surface area (Å²) in [4.78, 5) is 21.9. The first kappa shape index (κ1) is 14.8. The van der Waals surface area contributed by atoms with Gasteiger partial charge in [0.05, 0.1) is 13.5 Å². The summed E-state index contributed by atoms with van der Waals surface area (Å²) < 4.78 is 5.17. The zero-order valence-corrected chi connectivity index (χ0v) is 11.8. The van der Waals surface area contributed by atoms with E-state index in [4.69, 9.17) is 9.84 Å². The molecule has 2 aromatic rings. The van der Waals surface area contributed by atoms with Crippen LogP contribution >= 0.6 is 0 Å². The minimum absolute atomic E-state index is 0.000113. The molecule has 2 aromatic carbocycles. The van der Waals surface area contributed by atoms with Gasteiger partial charge >= 0.3 is 5.97 Å². The van der Waals surface area contributed by atoms with E-state index in [2.05, 4.69) is 5.32 Å². The van der Waals surface area contributed by atoms with Gasteiger partial charge in [0.2, 0.25) is 5.91 Å². The predicted molar refractivity (Wildman–Crippen MR) is 79.2 cm³/mol. The molecule has 0 spiro atoms. The van der Waals surface area contributed by atoms with Crippen LogP contribution in [0.1, 0.15) is 18.4 Å². The highest BCUT2D eigenvalue weighted by Gasteiger charge is 2.05. The first-order valence-corrected chi connectivity index (χ1v) is 6.63. The summed E-state index contributed by atoms with van der Waals surface area (Å²) in [7, 11) is 1.63. The van der Waals surface area contributed by atoms with E-state index in [9.17, 15) is 9.59 Å². The summed E-state index contributed by atoms with van der Waals surface area (Å²) in [6, 6.07) is 11.7. The Morgan fingerprint density at radius 2 is 1.81 bits per heavy atom. The number of benzene rings is 2. The van der Waals surface area contributed by atoms with Crippen LogP contribution in [0.25, 0.3) is 10.8 Å². The van der Waals surface area contributed by atoms with Crippen LogP contribution in [0.5, 0.6) is 5.75 Å². The van der Waals surface area contributed by atoms with Crippen molar-refractivity contribution in [1.29, 1.82) is 0 Å². The number of methoxy groups -OCH3 is 1. The molecule has 5 nitrogen and oxygen atoms in total. The number of carbonyl (C=O) groups excluding carboxylic acids is 1. The van der Waals surface area contributed by atoms with Crippen molar-refractivity contribution in [2.45, 2.75) is 19.4 Å². The highest BCUT2D eigenvalue weighted by molar-refractivity contribution is 5.85. The number of carbonyl (C=O) groups is 2. The average molecular weight is 287 g/mol. The normalized spacial score (nSPS) is 10.3. The Balaban J connectivity index is 1.99. The second-order valence-corrected chi connectivity index (χ2v) is 4.72. The van der Waals surface area contributed by atoms with E-state index in [1.54, 1.807) is 7.11 Å². The van der Waals surface area contributed by atoms with Crippen LogP contribution in [0.4, 0.5) is 0 Å². The lowest BCUT2D eigenvalue weighted by Gasteiger charge is -2.07. The van der Waals surface area contributed by atoms with Crippen LogP contribution in [-0.2, 0) is 16.1 Å². The topological polar surface area (TPSA) is 75.6 Å². The Morgan fingerprint density at radius 3 is 2.52 bits per heavy atom. The quantitative estimate of drug-likeness (QED) is 0.855. The summed E-state index contributed by atoms with van der Waals surface area (Å²) in [6.07, 6.45) is -0.149. The standard InChI is InChI=1S/C16H17NO4/c1-21-14-5-4-12-8-11(2-3-13(12)9-14)10-17-15(18)6-7-16(19)20/h2-5,8-9H,6-7,10H2,1H3,(H,17,18)(H,19,20). The molecule has 110 valence electrons. The minimum Gasteiger partial charge on any atom is -0.497 e. The van der Waals surface area contributed by atoms with Gasteiger partial charge in [-0.2, -0.15) is 0 Å². The SMILES string of the molecule is COc1ccc2cc(CNC(=O)CCC(=O)O)ccc2c1. The Kier molecular flexibility index (Phi) is 4.77. The second-order valence-electron chi connectivity index (χ2n) is 4.72. The number of carboxylic acid groups (broad SMARTS) is 1. The third-order valence-electron chi connectivity index (χ3n) is 3.17. The smallest absolute Gasteiger partial charge is 0.303 e. The third-order valence-corrected chi connectivity index (χ3v) is 3.17. The van der Waals surface area contributed by atoms with Gasteiger partial charge in [-0.15, -0.1) is 0 Å². The Bertz CT molecular complexity index is 666. The molecular formula is C16H17NO4. The maximum absolute atomic E-state index is 11.5. The molecular weight excluding hydrogens is 270 g/mol. The van der Waals surface area contributed by atoms with Gasteiger partial charge in [-0.25, -0.2) is 0 Å². The Morgan fingerprint density at radius 1 is 1.10 bits per heavy atom. The molecule has 0 unspecified atom stereocenters. The molecule has 0 radical (unpaired) electrons. The van der Waals surface area contributed by atoms with E-state index in [0.29, 0.717) is 6.54 Å². The van der Waals surface area contributed by atoms with Crippen LogP contribution in [0.3, 0.4) is 0 Å². The first-order valence-electron chi connectivity index (χ1n) is 6.63. The Hall–Kier alpha value is -2.56. The van der Waals surface area contributed by atoms with Gasteiger partial charge in [0.1, 0.15) is 5.75 Å². The molecule has 0 aliphatic rings. The number of ether oxygens (including phenoxy) is 1. The van der Waals surface area contributed by atoms with Crippen molar-refractivity contribution in [1.82, 2.24) is 5.32 Å². The van der Waals surface area contributed by atoms with Crippen molar-refractivity contribution in [2.75, 3.05) is 7.11 Å². The summed E-state index contributed by atoms with van der Waals surface area (Å²) in [5, 5.41) is 13.4. The van der Waals surface area contributed by atoms with Gasteiger partial charge in [0.15, 0.2) is 0 Å². The number of aliphatic carboxylic acids is 1. The molecule has 0 saturated carbocycles. The zero-order valence-electron chi connectivity index (χ0n) is 11.8. The average Bonchev–Trinajstić information content (AvgIpc) is 2.50. The zero-order chi connectivity index (χ0) is 15.2. The highest BCUT2D eigenvalue weighted by atomic mass is 16.5. The number of carboxylic acids is 1. The molecule has 0 saturated heterocycles. The van der Waals surface area contributed by atoms with Crippen LogP contribution in [0.15, 0.2) is 36.4 Å². The summed E-state index contributed by atoms with van der Waals surface area (Å²) in [5.41, 5.74) is 0.969. The molecule has 0 heterocycles. The monoisotopic (exact) mass is 287 g/mol. The molecule has 21 heavy (non-hydrogen) atoms. The van der Waals surface area contributed by atoms with E-state index in [1.165, 1.54) is 0 Å². The fraction of sp³-hybridized carbons (Fsp3) is 0.250. The van der Waals surface area contributed by atoms with Gasteiger partial charge in [0.25, 0.3) is 0 Å². The number of amides is 1. The van der Waals surface area contributed by atoms with E-state index in [-0.39, 0.29) is 18.7 Å². The predicted octanol–water partition coefficient (Wildman–Crippen LogP) is 2.33. The molecule has 0 aromatic heterocycles. The molecule has 0 aliphatic carbocycles. The van der Waals surface area contributed by atoms with Crippen molar-refractivity contribution in [2.24, 2.45) is 0 Å². The maximum atomic E-state index is 11.5. The number of rotatable bonds is 6. The van der Waals surface area contributed by atoms with Crippen LogP contribution < -0.4 is 10.1 Å². The Labute approximate surface area is 122 Å². The van der Waals surface area contributed by atoms with Crippen molar-refractivity contribution in [3.8, 4) is 5.75 Å². The maximum Gasteiger partial charge on any atom is 0.303 e. The number of hydrogen-bond acceptors (Lipinski definition) is 3. The van der Waals surface area contributed by atoms with E-state index >= 15 is 0 Å². The number of hydrogen-bond donors (Lipinski definition) is 2. The lowest BCUT2D eigenvalue weighted by Crippen LogP contribution is -2.23. The summed E-state index contributed by atoms with van der Waals surface area (Å²) >= 11 is 0. The van der Waals surface area contributed by atoms with Crippen molar-refractivity contribution >= 4 is 22.6 Å². The molecule has 0 aliphatic heterocycles. The highest BCUT2D eigenvalue weighted by Crippen LogP contribution is 2.21. The van der Waals surface area contributed by atoms with Crippen LogP contribution in [0.2, 0.25) is 0 Å². The molecule has 1 amide bonds. The lowest BCUT2D eigenvalue weighted by atomic mass is 10.1. The van der Waals surface area contributed by atoms with Gasteiger partial charge in [-0.3, -0.25) is 9.59 Å². The fourth-order valence-electron chi connectivity index (χ4n) is 2.02. The van der Waals surface area contributed by atoms with Gasteiger partial charge in [-0.1, -0.05) is 18.2 Å². The van der Waals surface area contributed by atoms with Crippen LogP contribution in [0, 0.1) is 0 Å². The van der Waals surface area contributed by atoms with E-state index < -0.39 is 5.97 Å². The van der Waals surface area contributed by atoms with Crippen molar-refractivity contribution < 1.29 is 19.4 Å². The third kappa shape index (κ3) is 4.21. The van der Waals surface area contributed by atoms with Crippen LogP contribution in [-0.4, -0.2) is 24.1 Å². The largest absolute Gasteiger partial charge is 0.497 e. The van der Waals surface area contributed by atoms with Crippen molar-refractivity contribution in [3.05, 3.63) is 42.0 Å². The van der Waals surface area contributed by atoms with E-state index in [0.717, 1.165) is 22.1 Å². The molecule has 2 N–H and O–H groups in total.